The highest BCUT2D eigenvalue weighted by molar-refractivity contribution is 7.98. The van der Waals surface area contributed by atoms with Gasteiger partial charge in [-0.25, -0.2) is 9.59 Å². The van der Waals surface area contributed by atoms with Crippen LogP contribution in [-0.4, -0.2) is 79.3 Å². The van der Waals surface area contributed by atoms with Crippen molar-refractivity contribution in [3.8, 4) is 11.1 Å². The predicted octanol–water partition coefficient (Wildman–Crippen LogP) is 2.78. The maximum Gasteiger partial charge on any atom is 0.407 e. The van der Waals surface area contributed by atoms with E-state index in [1.54, 1.807) is 19.0 Å². The summed E-state index contributed by atoms with van der Waals surface area (Å²) in [6, 6.07) is 14.1. The van der Waals surface area contributed by atoms with Gasteiger partial charge in [-0.05, 0) is 54.8 Å². The van der Waals surface area contributed by atoms with Gasteiger partial charge in [0.15, 0.2) is 0 Å². The maximum atomic E-state index is 12.8. The first-order valence-electron chi connectivity index (χ1n) is 11.1. The molecule has 34 heavy (non-hydrogen) atoms. The first kappa shape index (κ1) is 25.6. The van der Waals surface area contributed by atoms with E-state index in [0.29, 0.717) is 12.2 Å². The number of carbonyl (C=O) groups is 3. The first-order chi connectivity index (χ1) is 16.3. The molecule has 8 nitrogen and oxygen atoms in total. The third kappa shape index (κ3) is 6.30. The van der Waals surface area contributed by atoms with E-state index in [2.05, 4.69) is 22.8 Å². The number of carboxylic acids is 1. The molecule has 0 radical (unpaired) electrons. The Hall–Kier alpha value is -3.04. The van der Waals surface area contributed by atoms with Crippen LogP contribution in [0.5, 0.6) is 0 Å². The molecule has 0 saturated carbocycles. The van der Waals surface area contributed by atoms with Gasteiger partial charge in [-0.2, -0.15) is 11.8 Å². The average molecular weight is 486 g/mol. The zero-order valence-electron chi connectivity index (χ0n) is 19.6. The summed E-state index contributed by atoms with van der Waals surface area (Å²) < 4.78 is 5.56. The highest BCUT2D eigenvalue weighted by Crippen LogP contribution is 2.44. The Morgan fingerprint density at radius 2 is 1.59 bits per heavy atom. The standard InChI is InChI=1S/C25H31N3O5S/c1-28(2)14-22(24(30)31)26-23(29)21(12-13-34-3)27-25(32)33-15-20-18-10-6-4-8-16(18)17-9-5-7-11-19(17)20/h4-11,20-22H,12-15H2,1-3H3,(H,26,29)(H,27,32)(H,30,31)/t21-,22?/m0/s1. The topological polar surface area (TPSA) is 108 Å². The highest BCUT2D eigenvalue weighted by Gasteiger charge is 2.30. The molecule has 2 aromatic rings. The maximum absolute atomic E-state index is 12.8. The van der Waals surface area contributed by atoms with Crippen LogP contribution >= 0.6 is 11.8 Å². The molecule has 2 aromatic carbocycles. The molecular formula is C25H31N3O5S. The lowest BCUT2D eigenvalue weighted by Crippen LogP contribution is -2.54. The largest absolute Gasteiger partial charge is 0.480 e. The highest BCUT2D eigenvalue weighted by atomic mass is 32.2. The molecule has 0 bridgehead atoms. The minimum Gasteiger partial charge on any atom is -0.480 e. The number of alkyl carbamates (subject to hydrolysis) is 1. The van der Waals surface area contributed by atoms with Gasteiger partial charge >= 0.3 is 12.1 Å². The number of likely N-dealkylation sites (N-methyl/N-ethyl adjacent to an activating group) is 1. The fourth-order valence-electron chi connectivity index (χ4n) is 4.11. The van der Waals surface area contributed by atoms with Crippen LogP contribution in [0, 0.1) is 0 Å². The Bertz CT molecular complexity index is 984. The van der Waals surface area contributed by atoms with Crippen molar-refractivity contribution in [2.45, 2.75) is 24.4 Å². The Kier molecular flexibility index (Phi) is 8.95. The lowest BCUT2D eigenvalue weighted by Gasteiger charge is -2.23. The van der Waals surface area contributed by atoms with Gasteiger partial charge in [-0.3, -0.25) is 4.79 Å². The van der Waals surface area contributed by atoms with Crippen molar-refractivity contribution in [3.63, 3.8) is 0 Å². The van der Waals surface area contributed by atoms with E-state index in [1.807, 2.05) is 42.7 Å². The van der Waals surface area contributed by atoms with Crippen molar-refractivity contribution in [2.75, 3.05) is 39.3 Å². The van der Waals surface area contributed by atoms with Crippen molar-refractivity contribution in [3.05, 3.63) is 59.7 Å². The zero-order chi connectivity index (χ0) is 24.7. The number of amides is 2. The van der Waals surface area contributed by atoms with Gasteiger partial charge in [-0.1, -0.05) is 48.5 Å². The number of nitrogens with one attached hydrogen (secondary N) is 2. The average Bonchev–Trinajstić information content (AvgIpc) is 3.13. The molecule has 0 fully saturated rings. The summed E-state index contributed by atoms with van der Waals surface area (Å²) in [6.07, 6.45) is 1.54. The zero-order valence-corrected chi connectivity index (χ0v) is 20.4. The number of aliphatic carboxylic acids is 1. The van der Waals surface area contributed by atoms with E-state index in [9.17, 15) is 19.5 Å². The summed E-state index contributed by atoms with van der Waals surface area (Å²) in [5.74, 6) is -1.15. The summed E-state index contributed by atoms with van der Waals surface area (Å²) in [4.78, 5) is 38.6. The second-order valence-electron chi connectivity index (χ2n) is 8.47. The first-order valence-corrected chi connectivity index (χ1v) is 12.5. The summed E-state index contributed by atoms with van der Waals surface area (Å²) >= 11 is 1.53. The number of rotatable bonds is 11. The molecule has 1 aliphatic carbocycles. The van der Waals surface area contributed by atoms with Crippen molar-refractivity contribution in [1.82, 2.24) is 15.5 Å². The second kappa shape index (κ2) is 11.9. The Balaban J connectivity index is 1.65. The summed E-state index contributed by atoms with van der Waals surface area (Å²) in [7, 11) is 3.45. The van der Waals surface area contributed by atoms with Crippen LogP contribution in [0.1, 0.15) is 23.5 Å². The molecule has 1 unspecified atom stereocenters. The smallest absolute Gasteiger partial charge is 0.407 e. The molecule has 9 heteroatoms. The van der Waals surface area contributed by atoms with Gasteiger partial charge in [0.1, 0.15) is 18.7 Å². The Morgan fingerprint density at radius 1 is 1.00 bits per heavy atom. The van der Waals surface area contributed by atoms with E-state index in [-0.39, 0.29) is 19.1 Å². The van der Waals surface area contributed by atoms with Crippen LogP contribution in [0.25, 0.3) is 11.1 Å². The van der Waals surface area contributed by atoms with Gasteiger partial charge < -0.3 is 25.4 Å². The number of carboxylic acid groups (broad SMARTS) is 1. The lowest BCUT2D eigenvalue weighted by molar-refractivity contribution is -0.142. The number of thioether (sulfide) groups is 1. The molecule has 2 amide bonds. The van der Waals surface area contributed by atoms with E-state index in [4.69, 9.17) is 4.74 Å². The van der Waals surface area contributed by atoms with Crippen LogP contribution < -0.4 is 10.6 Å². The van der Waals surface area contributed by atoms with Gasteiger partial charge in [0, 0.05) is 12.5 Å². The molecule has 182 valence electrons. The fraction of sp³-hybridized carbons (Fsp3) is 0.400. The van der Waals surface area contributed by atoms with Crippen molar-refractivity contribution in [2.24, 2.45) is 0 Å². The molecule has 0 heterocycles. The number of fused-ring (bicyclic) bond motifs is 3. The Labute approximate surface area is 204 Å². The molecule has 3 N–H and O–H groups in total. The quantitative estimate of drug-likeness (QED) is 0.449. The van der Waals surface area contributed by atoms with Gasteiger partial charge in [0.05, 0.1) is 0 Å². The van der Waals surface area contributed by atoms with Crippen molar-refractivity contribution in [1.29, 1.82) is 0 Å². The van der Waals surface area contributed by atoms with Crippen LogP contribution in [0.15, 0.2) is 48.5 Å². The molecule has 0 aliphatic heterocycles. The SMILES string of the molecule is CSCC[C@H](NC(=O)OCC1c2ccccc2-c2ccccc21)C(=O)NC(CN(C)C)C(=O)O. The number of hydrogen-bond donors (Lipinski definition) is 3. The van der Waals surface area contributed by atoms with Gasteiger partial charge in [0.2, 0.25) is 5.91 Å². The lowest BCUT2D eigenvalue weighted by atomic mass is 9.98. The fourth-order valence-corrected chi connectivity index (χ4v) is 4.58. The number of carbonyl (C=O) groups excluding carboxylic acids is 2. The van der Waals surface area contributed by atoms with Crippen LogP contribution in [0.2, 0.25) is 0 Å². The van der Waals surface area contributed by atoms with E-state index in [0.717, 1.165) is 22.3 Å². The van der Waals surface area contributed by atoms with E-state index < -0.39 is 30.1 Å². The summed E-state index contributed by atoms with van der Waals surface area (Å²) in [6.45, 7) is 0.274. The third-order valence-corrected chi connectivity index (χ3v) is 6.37. The predicted molar refractivity (Wildman–Crippen MR) is 133 cm³/mol. The van der Waals surface area contributed by atoms with Gasteiger partial charge in [-0.15, -0.1) is 0 Å². The number of nitrogens with zero attached hydrogens (tertiary/aromatic N) is 1. The molecular weight excluding hydrogens is 454 g/mol. The van der Waals surface area contributed by atoms with Crippen LogP contribution in [-0.2, 0) is 14.3 Å². The monoisotopic (exact) mass is 485 g/mol. The third-order valence-electron chi connectivity index (χ3n) is 5.73. The minimum absolute atomic E-state index is 0.0897. The molecule has 0 aromatic heterocycles. The molecule has 2 atom stereocenters. The van der Waals surface area contributed by atoms with E-state index in [1.165, 1.54) is 11.8 Å². The molecule has 0 spiro atoms. The Morgan fingerprint density at radius 3 is 2.12 bits per heavy atom. The summed E-state index contributed by atoms with van der Waals surface area (Å²) in [5, 5.41) is 14.6. The van der Waals surface area contributed by atoms with Crippen LogP contribution in [0.3, 0.4) is 0 Å². The minimum atomic E-state index is -1.13. The number of ether oxygens (including phenoxy) is 1. The number of hydrogen-bond acceptors (Lipinski definition) is 6. The summed E-state index contributed by atoms with van der Waals surface area (Å²) in [5.41, 5.74) is 4.46. The van der Waals surface area contributed by atoms with Crippen molar-refractivity contribution < 1.29 is 24.2 Å². The second-order valence-corrected chi connectivity index (χ2v) is 9.45. The molecule has 3 rings (SSSR count). The van der Waals surface area contributed by atoms with Crippen LogP contribution in [0.4, 0.5) is 4.79 Å². The number of benzene rings is 2. The van der Waals surface area contributed by atoms with Gasteiger partial charge in [0.25, 0.3) is 0 Å². The van der Waals surface area contributed by atoms with Crippen molar-refractivity contribution >= 4 is 29.7 Å². The normalized spacial score (nSPS) is 14.1. The molecule has 1 aliphatic rings. The molecule has 0 saturated heterocycles. The van der Waals surface area contributed by atoms with E-state index >= 15 is 0 Å².